The van der Waals surface area contributed by atoms with Crippen molar-refractivity contribution in [2.24, 2.45) is 5.92 Å². The molecule has 2 aromatic heterocycles. The zero-order valence-electron chi connectivity index (χ0n) is 19.0. The van der Waals surface area contributed by atoms with Gasteiger partial charge in [0.15, 0.2) is 11.5 Å². The Kier molecular flexibility index (Phi) is 7.50. The molecule has 3 aromatic rings. The molecule has 168 valence electrons. The van der Waals surface area contributed by atoms with Crippen LogP contribution in [-0.2, 0) is 19.5 Å². The fourth-order valence-corrected chi connectivity index (χ4v) is 4.39. The molecule has 0 bridgehead atoms. The minimum absolute atomic E-state index is 0.145. The summed E-state index contributed by atoms with van der Waals surface area (Å²) in [7, 11) is 4.81. The van der Waals surface area contributed by atoms with Crippen molar-refractivity contribution in [3.63, 3.8) is 0 Å². The summed E-state index contributed by atoms with van der Waals surface area (Å²) in [6, 6.07) is 5.49. The molecule has 0 fully saturated rings. The quantitative estimate of drug-likeness (QED) is 0.472. The molecule has 3 rings (SSSR count). The Morgan fingerprint density at radius 2 is 1.74 bits per heavy atom. The molecule has 0 amide bonds. The normalized spacial score (nSPS) is 11.5. The number of aryl methyl sites for hydroxylation is 1. The lowest BCUT2D eigenvalue weighted by molar-refractivity contribution is 0.224. The van der Waals surface area contributed by atoms with Crippen LogP contribution in [0.3, 0.4) is 0 Å². The highest BCUT2D eigenvalue weighted by Gasteiger charge is 2.17. The Morgan fingerprint density at radius 1 is 1.06 bits per heavy atom. The third-order valence-electron chi connectivity index (χ3n) is 4.78. The summed E-state index contributed by atoms with van der Waals surface area (Å²) >= 11 is 1.46. The zero-order valence-corrected chi connectivity index (χ0v) is 19.8. The van der Waals surface area contributed by atoms with Crippen LogP contribution in [0.4, 0.5) is 0 Å². The Balaban J connectivity index is 1.91. The molecule has 0 aliphatic heterocycles. The molecule has 9 heteroatoms. The lowest BCUT2D eigenvalue weighted by Gasteiger charge is -2.25. The predicted octanol–water partition coefficient (Wildman–Crippen LogP) is 3.40. The topological polar surface area (TPSA) is 78.2 Å². The molecule has 0 saturated carbocycles. The summed E-state index contributed by atoms with van der Waals surface area (Å²) in [4.78, 5) is 20.1. The van der Waals surface area contributed by atoms with Crippen LogP contribution in [0.1, 0.15) is 37.0 Å². The molecular weight excluding hydrogens is 416 g/mol. The van der Waals surface area contributed by atoms with E-state index in [0.717, 1.165) is 29.2 Å². The summed E-state index contributed by atoms with van der Waals surface area (Å²) in [6.07, 6.45) is 0.781. The molecule has 0 aliphatic carbocycles. The number of methoxy groups -OCH3 is 3. The molecule has 0 atom stereocenters. The minimum Gasteiger partial charge on any atom is -0.493 e. The predicted molar refractivity (Wildman–Crippen MR) is 122 cm³/mol. The molecule has 0 radical (unpaired) electrons. The van der Waals surface area contributed by atoms with E-state index in [9.17, 15) is 4.79 Å². The lowest BCUT2D eigenvalue weighted by Crippen LogP contribution is -2.28. The first-order chi connectivity index (χ1) is 14.9. The maximum absolute atomic E-state index is 12.5. The monoisotopic (exact) mass is 446 g/mol. The smallest absolute Gasteiger partial charge is 0.275 e. The fourth-order valence-electron chi connectivity index (χ4n) is 3.54. The van der Waals surface area contributed by atoms with E-state index in [4.69, 9.17) is 19.2 Å². The molecule has 0 spiro atoms. The van der Waals surface area contributed by atoms with E-state index in [1.54, 1.807) is 27.4 Å². The van der Waals surface area contributed by atoms with Gasteiger partial charge in [-0.2, -0.15) is 9.61 Å². The van der Waals surface area contributed by atoms with Crippen LogP contribution in [0.15, 0.2) is 23.0 Å². The number of nitrogens with zero attached hydrogens (tertiary/aromatic N) is 4. The molecule has 31 heavy (non-hydrogen) atoms. The molecule has 0 aliphatic rings. The van der Waals surface area contributed by atoms with Gasteiger partial charge in [-0.25, -0.2) is 4.98 Å². The molecular formula is C22H30N4O4S. The van der Waals surface area contributed by atoms with Crippen LogP contribution in [-0.4, -0.2) is 47.4 Å². The second-order valence-corrected chi connectivity index (χ2v) is 8.77. The molecule has 8 nitrogen and oxygen atoms in total. The van der Waals surface area contributed by atoms with E-state index in [-0.39, 0.29) is 5.56 Å². The van der Waals surface area contributed by atoms with Crippen LogP contribution in [0.2, 0.25) is 0 Å². The van der Waals surface area contributed by atoms with Crippen molar-refractivity contribution in [1.82, 2.24) is 19.5 Å². The number of aromatic nitrogens is 3. The van der Waals surface area contributed by atoms with Crippen molar-refractivity contribution in [2.45, 2.75) is 40.3 Å². The van der Waals surface area contributed by atoms with Gasteiger partial charge in [-0.1, -0.05) is 32.1 Å². The third-order valence-corrected chi connectivity index (χ3v) is 5.83. The van der Waals surface area contributed by atoms with Gasteiger partial charge in [0.1, 0.15) is 5.01 Å². The fraction of sp³-hybridized carbons (Fsp3) is 0.500. The van der Waals surface area contributed by atoms with Gasteiger partial charge in [0.2, 0.25) is 10.7 Å². The van der Waals surface area contributed by atoms with Crippen LogP contribution in [0.5, 0.6) is 17.2 Å². The van der Waals surface area contributed by atoms with Gasteiger partial charge in [-0.15, -0.1) is 0 Å². The SMILES string of the molecule is CCc1nn2c(=O)cc(CN(Cc3cc(OC)c(OC)c(OC)c3)CC(C)C)nc2s1. The van der Waals surface area contributed by atoms with Gasteiger partial charge in [-0.05, 0) is 30.0 Å². The van der Waals surface area contributed by atoms with E-state index < -0.39 is 0 Å². The van der Waals surface area contributed by atoms with Gasteiger partial charge in [0, 0.05) is 25.7 Å². The third kappa shape index (κ3) is 5.34. The summed E-state index contributed by atoms with van der Waals surface area (Å²) in [5.41, 5.74) is 1.62. The molecule has 0 N–H and O–H groups in total. The van der Waals surface area contributed by atoms with Gasteiger partial charge in [0.25, 0.3) is 5.56 Å². The van der Waals surface area contributed by atoms with E-state index in [0.29, 0.717) is 41.2 Å². The Hall–Kier alpha value is -2.65. The van der Waals surface area contributed by atoms with Gasteiger partial charge in [0.05, 0.1) is 27.0 Å². The largest absolute Gasteiger partial charge is 0.493 e. The van der Waals surface area contributed by atoms with Crippen molar-refractivity contribution >= 4 is 16.3 Å². The Morgan fingerprint density at radius 3 is 2.29 bits per heavy atom. The van der Waals surface area contributed by atoms with Crippen molar-refractivity contribution in [3.05, 3.63) is 44.8 Å². The number of hydrogen-bond acceptors (Lipinski definition) is 8. The van der Waals surface area contributed by atoms with Crippen LogP contribution >= 0.6 is 11.3 Å². The maximum atomic E-state index is 12.5. The first-order valence-electron chi connectivity index (χ1n) is 10.3. The average Bonchev–Trinajstić information content (AvgIpc) is 3.16. The molecule has 0 saturated heterocycles. The first-order valence-corrected chi connectivity index (χ1v) is 11.1. The highest BCUT2D eigenvalue weighted by molar-refractivity contribution is 7.16. The summed E-state index contributed by atoms with van der Waals surface area (Å²) in [6.45, 7) is 8.42. The van der Waals surface area contributed by atoms with Crippen LogP contribution in [0.25, 0.3) is 4.96 Å². The molecule has 0 unspecified atom stereocenters. The minimum atomic E-state index is -0.145. The highest BCUT2D eigenvalue weighted by atomic mass is 32.1. The number of rotatable bonds is 10. The molecule has 1 aromatic carbocycles. The van der Waals surface area contributed by atoms with Crippen molar-refractivity contribution in [3.8, 4) is 17.2 Å². The van der Waals surface area contributed by atoms with Crippen molar-refractivity contribution in [1.29, 1.82) is 0 Å². The van der Waals surface area contributed by atoms with Gasteiger partial charge >= 0.3 is 0 Å². The average molecular weight is 447 g/mol. The van der Waals surface area contributed by atoms with Gasteiger partial charge < -0.3 is 14.2 Å². The maximum Gasteiger partial charge on any atom is 0.275 e. The number of ether oxygens (including phenoxy) is 3. The second-order valence-electron chi connectivity index (χ2n) is 7.73. The van der Waals surface area contributed by atoms with Crippen molar-refractivity contribution in [2.75, 3.05) is 27.9 Å². The molecule has 2 heterocycles. The van der Waals surface area contributed by atoms with Crippen LogP contribution < -0.4 is 19.8 Å². The van der Waals surface area contributed by atoms with E-state index in [2.05, 4.69) is 23.8 Å². The second kappa shape index (κ2) is 10.1. The van der Waals surface area contributed by atoms with E-state index >= 15 is 0 Å². The highest BCUT2D eigenvalue weighted by Crippen LogP contribution is 2.38. The Labute approximate surface area is 186 Å². The van der Waals surface area contributed by atoms with Crippen LogP contribution in [0, 0.1) is 5.92 Å². The summed E-state index contributed by atoms with van der Waals surface area (Å²) in [5, 5.41) is 5.23. The number of hydrogen-bond donors (Lipinski definition) is 0. The Bertz CT molecular complexity index is 1070. The van der Waals surface area contributed by atoms with E-state index in [1.807, 2.05) is 19.1 Å². The number of benzene rings is 1. The van der Waals surface area contributed by atoms with Crippen molar-refractivity contribution < 1.29 is 14.2 Å². The number of fused-ring (bicyclic) bond motifs is 1. The zero-order chi connectivity index (χ0) is 22.5. The first kappa shape index (κ1) is 23.0. The lowest BCUT2D eigenvalue weighted by atomic mass is 10.1. The van der Waals surface area contributed by atoms with E-state index in [1.165, 1.54) is 15.9 Å². The summed E-state index contributed by atoms with van der Waals surface area (Å²) < 4.78 is 17.8. The summed E-state index contributed by atoms with van der Waals surface area (Å²) in [5.74, 6) is 2.26. The standard InChI is InChI=1S/C22H30N4O4S/c1-7-19-24-26-20(27)10-16(23-22(26)31-19)13-25(11-14(2)3)12-15-8-17(28-4)21(30-6)18(9-15)29-5/h8-10,14H,7,11-13H2,1-6H3. The van der Waals surface area contributed by atoms with Gasteiger partial charge in [-0.3, -0.25) is 9.69 Å².